The molecule has 0 bridgehead atoms. The minimum Gasteiger partial charge on any atom is -0.352 e. The maximum Gasteiger partial charge on any atom is 0.251 e. The molecule has 0 aliphatic heterocycles. The predicted molar refractivity (Wildman–Crippen MR) is 92.5 cm³/mol. The lowest BCUT2D eigenvalue weighted by molar-refractivity contribution is 0.0953. The quantitative estimate of drug-likeness (QED) is 0.870. The summed E-state index contributed by atoms with van der Waals surface area (Å²) in [6.45, 7) is 9.03. The zero-order valence-electron chi connectivity index (χ0n) is 13.9. The van der Waals surface area contributed by atoms with E-state index in [1.807, 2.05) is 32.0 Å². The van der Waals surface area contributed by atoms with Crippen LogP contribution in [0, 0.1) is 13.8 Å². The molecule has 2 aromatic carbocycles. The Morgan fingerprint density at radius 1 is 1.05 bits per heavy atom. The molecular formula is C20H25NO. The molecule has 2 rings (SSSR count). The maximum atomic E-state index is 12.2. The highest BCUT2D eigenvalue weighted by Gasteiger charge is 2.08. The molecule has 22 heavy (non-hydrogen) atoms. The van der Waals surface area contributed by atoms with Crippen molar-refractivity contribution in [2.24, 2.45) is 0 Å². The molecular weight excluding hydrogens is 270 g/mol. The van der Waals surface area contributed by atoms with Crippen LogP contribution in [0.5, 0.6) is 0 Å². The van der Waals surface area contributed by atoms with E-state index in [1.165, 1.54) is 11.1 Å². The second kappa shape index (κ2) is 7.26. The van der Waals surface area contributed by atoms with Crippen molar-refractivity contribution >= 4 is 5.91 Å². The van der Waals surface area contributed by atoms with E-state index < -0.39 is 0 Å². The van der Waals surface area contributed by atoms with Crippen LogP contribution in [0.25, 0.3) is 0 Å². The van der Waals surface area contributed by atoms with Gasteiger partial charge in [0.15, 0.2) is 0 Å². The summed E-state index contributed by atoms with van der Waals surface area (Å²) in [6.07, 6.45) is 0.856. The van der Waals surface area contributed by atoms with Gasteiger partial charge in [0.25, 0.3) is 5.91 Å². The Morgan fingerprint density at radius 3 is 2.36 bits per heavy atom. The van der Waals surface area contributed by atoms with Crippen LogP contribution in [0.1, 0.15) is 52.4 Å². The number of hydrogen-bond donors (Lipinski definition) is 1. The van der Waals surface area contributed by atoms with Crippen LogP contribution in [0.3, 0.4) is 0 Å². The molecule has 116 valence electrons. The van der Waals surface area contributed by atoms with E-state index in [0.717, 1.165) is 23.1 Å². The van der Waals surface area contributed by atoms with Gasteiger partial charge in [-0.15, -0.1) is 0 Å². The van der Waals surface area contributed by atoms with Gasteiger partial charge in [0.05, 0.1) is 0 Å². The molecule has 0 spiro atoms. The summed E-state index contributed by atoms with van der Waals surface area (Å²) < 4.78 is 0. The van der Waals surface area contributed by atoms with Crippen molar-refractivity contribution < 1.29 is 4.79 Å². The molecule has 2 heteroatoms. The average Bonchev–Trinajstić information content (AvgIpc) is 2.50. The molecule has 0 unspecified atom stereocenters. The van der Waals surface area contributed by atoms with E-state index in [1.54, 1.807) is 0 Å². The maximum absolute atomic E-state index is 12.2. The number of amides is 1. The molecule has 0 heterocycles. The van der Waals surface area contributed by atoms with Crippen LogP contribution in [0.4, 0.5) is 0 Å². The van der Waals surface area contributed by atoms with Crippen LogP contribution >= 0.6 is 0 Å². The zero-order chi connectivity index (χ0) is 16.1. The Kier molecular flexibility index (Phi) is 5.37. The van der Waals surface area contributed by atoms with Crippen molar-refractivity contribution in [3.8, 4) is 0 Å². The van der Waals surface area contributed by atoms with Crippen molar-refractivity contribution in [1.82, 2.24) is 5.32 Å². The van der Waals surface area contributed by atoms with Gasteiger partial charge >= 0.3 is 0 Å². The van der Waals surface area contributed by atoms with Gasteiger partial charge in [-0.2, -0.15) is 0 Å². The van der Waals surface area contributed by atoms with Crippen LogP contribution in [-0.4, -0.2) is 12.5 Å². The molecule has 1 amide bonds. The average molecular weight is 295 g/mol. The lowest BCUT2D eigenvalue weighted by Crippen LogP contribution is -2.26. The zero-order valence-corrected chi connectivity index (χ0v) is 13.9. The topological polar surface area (TPSA) is 29.1 Å². The fourth-order valence-electron chi connectivity index (χ4n) is 2.47. The van der Waals surface area contributed by atoms with Crippen molar-refractivity contribution in [1.29, 1.82) is 0 Å². The summed E-state index contributed by atoms with van der Waals surface area (Å²) in [4.78, 5) is 12.2. The van der Waals surface area contributed by atoms with Gasteiger partial charge in [-0.05, 0) is 48.9 Å². The normalized spacial score (nSPS) is 10.8. The Bertz CT molecular complexity index is 641. The molecule has 0 aromatic heterocycles. The minimum absolute atomic E-state index is 0.0139. The number of carbonyl (C=O) groups is 1. The van der Waals surface area contributed by atoms with Gasteiger partial charge in [-0.3, -0.25) is 4.79 Å². The number of aryl methyl sites for hydroxylation is 2. The summed E-state index contributed by atoms with van der Waals surface area (Å²) in [5, 5.41) is 3.01. The van der Waals surface area contributed by atoms with E-state index in [4.69, 9.17) is 0 Å². The number of carbonyl (C=O) groups excluding carboxylic acids is 1. The van der Waals surface area contributed by atoms with E-state index in [-0.39, 0.29) is 5.91 Å². The summed E-state index contributed by atoms with van der Waals surface area (Å²) in [5.74, 6) is 0.568. The second-order valence-electron chi connectivity index (χ2n) is 6.22. The number of benzene rings is 2. The lowest BCUT2D eigenvalue weighted by atomic mass is 10.0. The Morgan fingerprint density at radius 2 is 1.73 bits per heavy atom. The van der Waals surface area contributed by atoms with E-state index in [0.29, 0.717) is 12.5 Å². The molecule has 0 fully saturated rings. The third kappa shape index (κ3) is 4.20. The molecule has 2 aromatic rings. The number of nitrogens with one attached hydrogen (secondary N) is 1. The molecule has 2 nitrogen and oxygen atoms in total. The Hall–Kier alpha value is -2.09. The fourth-order valence-corrected chi connectivity index (χ4v) is 2.47. The summed E-state index contributed by atoms with van der Waals surface area (Å²) in [6, 6.07) is 14.6. The van der Waals surface area contributed by atoms with Crippen molar-refractivity contribution in [2.45, 2.75) is 40.0 Å². The molecule has 0 saturated carbocycles. The Labute approximate surface area is 133 Å². The predicted octanol–water partition coefficient (Wildman–Crippen LogP) is 4.40. The highest BCUT2D eigenvalue weighted by molar-refractivity contribution is 5.95. The van der Waals surface area contributed by atoms with E-state index in [9.17, 15) is 4.79 Å². The van der Waals surface area contributed by atoms with Gasteiger partial charge in [0.1, 0.15) is 0 Å². The molecule has 0 radical (unpaired) electrons. The molecule has 0 aliphatic carbocycles. The highest BCUT2D eigenvalue weighted by atomic mass is 16.1. The van der Waals surface area contributed by atoms with Crippen molar-refractivity contribution in [2.75, 3.05) is 6.54 Å². The van der Waals surface area contributed by atoms with Gasteiger partial charge < -0.3 is 5.32 Å². The first-order valence-electron chi connectivity index (χ1n) is 7.91. The monoisotopic (exact) mass is 295 g/mol. The van der Waals surface area contributed by atoms with Crippen LogP contribution < -0.4 is 5.32 Å². The van der Waals surface area contributed by atoms with E-state index in [2.05, 4.69) is 43.4 Å². The van der Waals surface area contributed by atoms with Gasteiger partial charge in [-0.1, -0.05) is 55.8 Å². The van der Waals surface area contributed by atoms with Gasteiger partial charge in [0.2, 0.25) is 0 Å². The van der Waals surface area contributed by atoms with Gasteiger partial charge in [-0.25, -0.2) is 0 Å². The Balaban J connectivity index is 1.90. The third-order valence-corrected chi connectivity index (χ3v) is 3.98. The van der Waals surface area contributed by atoms with Crippen LogP contribution in [-0.2, 0) is 6.42 Å². The van der Waals surface area contributed by atoms with Gasteiger partial charge in [0, 0.05) is 12.1 Å². The highest BCUT2D eigenvalue weighted by Crippen LogP contribution is 2.15. The second-order valence-corrected chi connectivity index (χ2v) is 6.22. The summed E-state index contributed by atoms with van der Waals surface area (Å²) >= 11 is 0. The minimum atomic E-state index is 0.0139. The van der Waals surface area contributed by atoms with Crippen molar-refractivity contribution in [3.63, 3.8) is 0 Å². The first-order chi connectivity index (χ1) is 10.5. The fraction of sp³-hybridized carbons (Fsp3) is 0.350. The SMILES string of the molecule is Cc1ccc(C)c(C(=O)NCCc2ccc(C(C)C)cc2)c1. The summed E-state index contributed by atoms with van der Waals surface area (Å²) in [7, 11) is 0. The molecule has 0 atom stereocenters. The molecule has 0 saturated heterocycles. The number of rotatable bonds is 5. The smallest absolute Gasteiger partial charge is 0.251 e. The standard InChI is InChI=1S/C20H25NO/c1-14(2)18-9-7-17(8-10-18)11-12-21-20(22)19-13-15(3)5-6-16(19)4/h5-10,13-14H,11-12H2,1-4H3,(H,21,22). The van der Waals surface area contributed by atoms with E-state index >= 15 is 0 Å². The first-order valence-corrected chi connectivity index (χ1v) is 7.91. The van der Waals surface area contributed by atoms with Crippen LogP contribution in [0.2, 0.25) is 0 Å². The van der Waals surface area contributed by atoms with Crippen LogP contribution in [0.15, 0.2) is 42.5 Å². The molecule has 0 aliphatic rings. The lowest BCUT2D eigenvalue weighted by Gasteiger charge is -2.10. The first kappa shape index (κ1) is 16.3. The third-order valence-electron chi connectivity index (χ3n) is 3.98. The summed E-state index contributed by atoms with van der Waals surface area (Å²) in [5.41, 5.74) is 5.51. The molecule has 1 N–H and O–H groups in total. The number of hydrogen-bond acceptors (Lipinski definition) is 1. The van der Waals surface area contributed by atoms with Crippen molar-refractivity contribution in [3.05, 3.63) is 70.3 Å². The largest absolute Gasteiger partial charge is 0.352 e.